The van der Waals surface area contributed by atoms with Gasteiger partial charge in [-0.1, -0.05) is 44.2 Å². The summed E-state index contributed by atoms with van der Waals surface area (Å²) in [5.74, 6) is -0.164. The van der Waals surface area contributed by atoms with Crippen molar-refractivity contribution in [3.05, 3.63) is 57.7 Å². The van der Waals surface area contributed by atoms with Crippen LogP contribution in [0.5, 0.6) is 0 Å². The maximum Gasteiger partial charge on any atom is 0.280 e. The van der Waals surface area contributed by atoms with Crippen LogP contribution in [0.3, 0.4) is 0 Å². The molecule has 4 N–H and O–H groups in total. The summed E-state index contributed by atoms with van der Waals surface area (Å²) in [6, 6.07) is 8.47. The second-order valence-corrected chi connectivity index (χ2v) is 14.8. The molecule has 1 aromatic carbocycles. The molecule has 0 saturated carbocycles. The molecule has 3 aliphatic rings. The van der Waals surface area contributed by atoms with E-state index in [1.165, 1.54) is 16.9 Å². The van der Waals surface area contributed by atoms with Gasteiger partial charge in [-0.3, -0.25) is 14.4 Å². The first-order valence-corrected chi connectivity index (χ1v) is 17.0. The predicted molar refractivity (Wildman–Crippen MR) is 174 cm³/mol. The summed E-state index contributed by atoms with van der Waals surface area (Å²) in [5, 5.41) is 19.1. The minimum absolute atomic E-state index is 0.170. The Bertz CT molecular complexity index is 1570. The van der Waals surface area contributed by atoms with E-state index in [4.69, 9.17) is 9.97 Å². The molecule has 3 amide bonds. The van der Waals surface area contributed by atoms with Crippen LogP contribution in [0.1, 0.15) is 95.9 Å². The van der Waals surface area contributed by atoms with Crippen molar-refractivity contribution in [1.29, 1.82) is 0 Å². The van der Waals surface area contributed by atoms with Crippen LogP contribution in [0.15, 0.2) is 30.3 Å². The summed E-state index contributed by atoms with van der Waals surface area (Å²) >= 11 is 1.32. The van der Waals surface area contributed by atoms with E-state index in [0.717, 1.165) is 73.3 Å². The third-order valence-corrected chi connectivity index (χ3v) is 10.6. The average molecular weight is 633 g/mol. The fourth-order valence-electron chi connectivity index (χ4n) is 6.72. The van der Waals surface area contributed by atoms with Crippen molar-refractivity contribution in [1.82, 2.24) is 30.8 Å². The van der Waals surface area contributed by atoms with Crippen LogP contribution in [0.4, 0.5) is 0 Å². The number of fused-ring (bicyclic) bond motifs is 2. The smallest absolute Gasteiger partial charge is 0.280 e. The lowest BCUT2D eigenvalue weighted by molar-refractivity contribution is -0.120. The molecule has 10 nitrogen and oxygen atoms in total. The molecule has 11 heteroatoms. The molecule has 2 fully saturated rings. The van der Waals surface area contributed by atoms with E-state index in [0.29, 0.717) is 35.9 Å². The van der Waals surface area contributed by atoms with Gasteiger partial charge >= 0.3 is 0 Å². The molecular weight excluding hydrogens is 588 g/mol. The Balaban J connectivity index is 1.21. The number of piperidine rings is 1. The SMILES string of the molecule is CC(C)(C)[C@H]1CCc2nc3sc(C(=O)NC(CCN4CCC(O)CC4)c4cccc(C(=O)NC5CCNC5=O)c4)nc3cc2C1. The molecule has 0 bridgehead atoms. The molecule has 6 rings (SSSR count). The number of nitrogens with one attached hydrogen (secondary N) is 3. The van der Waals surface area contributed by atoms with Gasteiger partial charge in [0.15, 0.2) is 5.01 Å². The molecule has 2 unspecified atom stereocenters. The van der Waals surface area contributed by atoms with E-state index in [-0.39, 0.29) is 35.3 Å². The van der Waals surface area contributed by atoms with Crippen LogP contribution in [0, 0.1) is 11.3 Å². The van der Waals surface area contributed by atoms with Crippen LogP contribution in [-0.4, -0.2) is 76.0 Å². The van der Waals surface area contributed by atoms with E-state index in [2.05, 4.69) is 47.7 Å². The van der Waals surface area contributed by atoms with Crippen LogP contribution < -0.4 is 16.0 Å². The molecule has 45 heavy (non-hydrogen) atoms. The van der Waals surface area contributed by atoms with Crippen LogP contribution >= 0.6 is 11.3 Å². The zero-order chi connectivity index (χ0) is 31.7. The third-order valence-electron chi connectivity index (χ3n) is 9.67. The Hall–Kier alpha value is -3.41. The number of carbonyl (C=O) groups excluding carboxylic acids is 3. The maximum absolute atomic E-state index is 13.7. The third kappa shape index (κ3) is 7.37. The quantitative estimate of drug-likeness (QED) is 0.297. The number of pyridine rings is 1. The molecule has 2 aliphatic heterocycles. The second-order valence-electron chi connectivity index (χ2n) is 13.9. The Labute approximate surface area is 268 Å². The van der Waals surface area contributed by atoms with E-state index in [9.17, 15) is 19.5 Å². The lowest BCUT2D eigenvalue weighted by Gasteiger charge is -2.34. The fourth-order valence-corrected chi connectivity index (χ4v) is 7.56. The van der Waals surface area contributed by atoms with Gasteiger partial charge in [0.05, 0.1) is 12.1 Å². The Kier molecular flexibility index (Phi) is 9.22. The lowest BCUT2D eigenvalue weighted by atomic mass is 9.71. The van der Waals surface area contributed by atoms with E-state index >= 15 is 0 Å². The number of nitrogens with zero attached hydrogens (tertiary/aromatic N) is 3. The van der Waals surface area contributed by atoms with Gasteiger partial charge in [0.2, 0.25) is 5.91 Å². The van der Waals surface area contributed by atoms with Crippen LogP contribution in [-0.2, 0) is 17.6 Å². The number of hydrogen-bond donors (Lipinski definition) is 4. The van der Waals surface area contributed by atoms with Gasteiger partial charge in [-0.15, -0.1) is 0 Å². The monoisotopic (exact) mass is 632 g/mol. The van der Waals surface area contributed by atoms with Crippen molar-refractivity contribution in [2.75, 3.05) is 26.2 Å². The van der Waals surface area contributed by atoms with Crippen molar-refractivity contribution < 1.29 is 19.5 Å². The second kappa shape index (κ2) is 13.1. The largest absolute Gasteiger partial charge is 0.393 e. The van der Waals surface area contributed by atoms with Crippen LogP contribution in [0.2, 0.25) is 0 Å². The van der Waals surface area contributed by atoms with Gasteiger partial charge in [0, 0.05) is 37.4 Å². The summed E-state index contributed by atoms with van der Waals surface area (Å²) < 4.78 is 0. The number of aromatic nitrogens is 2. The summed E-state index contributed by atoms with van der Waals surface area (Å²) in [5.41, 5.74) is 4.60. The zero-order valence-corrected chi connectivity index (χ0v) is 27.2. The highest BCUT2D eigenvalue weighted by molar-refractivity contribution is 7.19. The molecule has 240 valence electrons. The van der Waals surface area contributed by atoms with Gasteiger partial charge in [-0.2, -0.15) is 0 Å². The summed E-state index contributed by atoms with van der Waals surface area (Å²) in [6.07, 6.45) is 5.44. The molecule has 0 radical (unpaired) electrons. The van der Waals surface area contributed by atoms with E-state index in [1.54, 1.807) is 12.1 Å². The first kappa shape index (κ1) is 31.6. The molecule has 1 aliphatic carbocycles. The van der Waals surface area contributed by atoms with Crippen LogP contribution in [0.25, 0.3) is 10.3 Å². The van der Waals surface area contributed by atoms with E-state index < -0.39 is 6.04 Å². The highest BCUT2D eigenvalue weighted by Gasteiger charge is 2.31. The first-order chi connectivity index (χ1) is 21.5. The van der Waals surface area contributed by atoms with Crippen molar-refractivity contribution in [2.45, 2.75) is 83.9 Å². The van der Waals surface area contributed by atoms with Crippen molar-refractivity contribution in [2.24, 2.45) is 11.3 Å². The highest BCUT2D eigenvalue weighted by Crippen LogP contribution is 2.38. The number of aliphatic hydroxyl groups excluding tert-OH is 1. The molecule has 2 saturated heterocycles. The minimum Gasteiger partial charge on any atom is -0.393 e. The van der Waals surface area contributed by atoms with Crippen molar-refractivity contribution >= 4 is 39.4 Å². The minimum atomic E-state index is -0.538. The first-order valence-electron chi connectivity index (χ1n) is 16.2. The van der Waals surface area contributed by atoms with Gasteiger partial charge in [-0.05, 0) is 85.6 Å². The molecule has 3 atom stereocenters. The number of hydrogen-bond acceptors (Lipinski definition) is 8. The summed E-state index contributed by atoms with van der Waals surface area (Å²) in [4.78, 5) is 51.5. The van der Waals surface area contributed by atoms with Gasteiger partial charge in [0.1, 0.15) is 16.4 Å². The lowest BCUT2D eigenvalue weighted by Crippen LogP contribution is -2.40. The number of benzene rings is 1. The molecular formula is C34H44N6O4S. The normalized spacial score (nSPS) is 21.7. The number of aliphatic hydroxyl groups is 1. The topological polar surface area (TPSA) is 137 Å². The standard InChI is InChI=1S/C34H44N6O4S/c1-34(2,3)23-7-8-25-22(18-23)19-28-32(38-25)45-33(39-28)31(44)36-26(12-16-40-14-10-24(41)11-15-40)20-5-4-6-21(17-20)29(42)37-27-9-13-35-30(27)43/h4-6,17,19,23-24,26-27,41H,7-16,18H2,1-3H3,(H,35,43)(H,36,44)(H,37,42)/t23-,26?,27?/m0/s1. The Morgan fingerprint density at radius 2 is 1.91 bits per heavy atom. The molecule has 2 aromatic heterocycles. The predicted octanol–water partition coefficient (Wildman–Crippen LogP) is 3.78. The number of carbonyl (C=O) groups is 3. The van der Waals surface area contributed by atoms with Gasteiger partial charge < -0.3 is 26.0 Å². The number of amides is 3. The zero-order valence-electron chi connectivity index (χ0n) is 26.4. The number of aryl methyl sites for hydroxylation is 1. The Morgan fingerprint density at radius 1 is 1.11 bits per heavy atom. The highest BCUT2D eigenvalue weighted by atomic mass is 32.1. The Morgan fingerprint density at radius 3 is 2.64 bits per heavy atom. The fraction of sp³-hybridized carbons (Fsp3) is 0.559. The van der Waals surface area contributed by atoms with Crippen molar-refractivity contribution in [3.63, 3.8) is 0 Å². The summed E-state index contributed by atoms with van der Waals surface area (Å²) in [6.45, 7) is 9.77. The maximum atomic E-state index is 13.7. The molecule has 0 spiro atoms. The average Bonchev–Trinajstić information content (AvgIpc) is 3.63. The van der Waals surface area contributed by atoms with Gasteiger partial charge in [0.25, 0.3) is 11.8 Å². The van der Waals surface area contributed by atoms with Crippen molar-refractivity contribution in [3.8, 4) is 0 Å². The summed E-state index contributed by atoms with van der Waals surface area (Å²) in [7, 11) is 0. The van der Waals surface area contributed by atoms with E-state index in [1.807, 2.05) is 12.1 Å². The molecule has 3 aromatic rings. The number of rotatable bonds is 8. The number of likely N-dealkylation sites (tertiary alicyclic amines) is 1. The molecule has 4 heterocycles. The number of thiazole rings is 1. The van der Waals surface area contributed by atoms with Gasteiger partial charge in [-0.25, -0.2) is 9.97 Å².